The number of hydrogen-bond acceptors (Lipinski definition) is 4. The average Bonchev–Trinajstić information content (AvgIpc) is 2.84. The summed E-state index contributed by atoms with van der Waals surface area (Å²) in [7, 11) is 0. The quantitative estimate of drug-likeness (QED) is 0.813. The van der Waals surface area contributed by atoms with Crippen molar-refractivity contribution in [1.82, 2.24) is 15.2 Å². The van der Waals surface area contributed by atoms with Gasteiger partial charge in [0.15, 0.2) is 0 Å². The molecule has 0 aliphatic carbocycles. The van der Waals surface area contributed by atoms with E-state index in [4.69, 9.17) is 5.11 Å². The Kier molecular flexibility index (Phi) is 4.65. The highest BCUT2D eigenvalue weighted by atomic mass is 79.9. The Balaban J connectivity index is 1.92. The predicted molar refractivity (Wildman–Crippen MR) is 75.2 cm³/mol. The van der Waals surface area contributed by atoms with Gasteiger partial charge in [0, 0.05) is 12.3 Å². The first-order valence-electron chi connectivity index (χ1n) is 5.56. The summed E-state index contributed by atoms with van der Waals surface area (Å²) in [5, 5.41) is 11.7. The molecule has 1 saturated heterocycles. The largest absolute Gasteiger partial charge is 0.465 e. The minimum absolute atomic E-state index is 0.182. The molecule has 1 atom stereocenters. The number of carboxylic acid groups (broad SMARTS) is 1. The number of pyridine rings is 1. The van der Waals surface area contributed by atoms with Crippen molar-refractivity contribution < 1.29 is 14.7 Å². The zero-order chi connectivity index (χ0) is 13.8. The van der Waals surface area contributed by atoms with Crippen LogP contribution in [0, 0.1) is 0 Å². The van der Waals surface area contributed by atoms with Gasteiger partial charge >= 0.3 is 6.09 Å². The molecule has 19 heavy (non-hydrogen) atoms. The van der Waals surface area contributed by atoms with E-state index < -0.39 is 6.09 Å². The van der Waals surface area contributed by atoms with Crippen LogP contribution in [-0.2, 0) is 0 Å². The molecule has 2 rings (SSSR count). The first kappa shape index (κ1) is 14.1. The van der Waals surface area contributed by atoms with Crippen LogP contribution in [-0.4, -0.2) is 51.2 Å². The van der Waals surface area contributed by atoms with Gasteiger partial charge in [0.2, 0.25) is 0 Å². The van der Waals surface area contributed by atoms with E-state index in [1.807, 2.05) is 0 Å². The standard InChI is InChI=1S/C11H12BrN3O3S/c12-9-3-1-2-8(14-9)10(16)13-4-7-5-19-6-15(7)11(17)18/h1-3,7H,4-6H2,(H,13,16)(H,17,18)/t7-/m1/s1. The van der Waals surface area contributed by atoms with Gasteiger partial charge in [0.25, 0.3) is 5.91 Å². The smallest absolute Gasteiger partial charge is 0.408 e. The highest BCUT2D eigenvalue weighted by Gasteiger charge is 2.29. The van der Waals surface area contributed by atoms with Gasteiger partial charge in [-0.05, 0) is 28.1 Å². The van der Waals surface area contributed by atoms with Crippen molar-refractivity contribution in [3.05, 3.63) is 28.5 Å². The molecule has 0 unspecified atom stereocenters. The maximum Gasteiger partial charge on any atom is 0.408 e. The lowest BCUT2D eigenvalue weighted by molar-refractivity contribution is 0.0931. The molecule has 1 aromatic rings. The van der Waals surface area contributed by atoms with Crippen LogP contribution < -0.4 is 5.32 Å². The molecule has 1 fully saturated rings. The molecule has 1 aliphatic rings. The highest BCUT2D eigenvalue weighted by molar-refractivity contribution is 9.10. The van der Waals surface area contributed by atoms with E-state index >= 15 is 0 Å². The Labute approximate surface area is 122 Å². The van der Waals surface area contributed by atoms with Crippen LogP contribution >= 0.6 is 27.7 Å². The van der Waals surface area contributed by atoms with E-state index in [0.29, 0.717) is 28.5 Å². The molecule has 2 heterocycles. The van der Waals surface area contributed by atoms with Crippen molar-refractivity contribution in [3.8, 4) is 0 Å². The van der Waals surface area contributed by atoms with Gasteiger partial charge < -0.3 is 10.4 Å². The fourth-order valence-corrected chi connectivity index (χ4v) is 3.24. The average molecular weight is 346 g/mol. The Morgan fingerprint density at radius 2 is 2.37 bits per heavy atom. The van der Waals surface area contributed by atoms with Crippen molar-refractivity contribution in [2.75, 3.05) is 18.2 Å². The van der Waals surface area contributed by atoms with Crippen LogP contribution in [0.5, 0.6) is 0 Å². The van der Waals surface area contributed by atoms with E-state index in [2.05, 4.69) is 26.2 Å². The molecule has 0 spiro atoms. The number of aromatic nitrogens is 1. The van der Waals surface area contributed by atoms with Gasteiger partial charge in [0.05, 0.1) is 11.9 Å². The Morgan fingerprint density at radius 1 is 1.58 bits per heavy atom. The molecular formula is C11H12BrN3O3S. The molecule has 102 valence electrons. The lowest BCUT2D eigenvalue weighted by Gasteiger charge is -2.20. The topological polar surface area (TPSA) is 82.5 Å². The lowest BCUT2D eigenvalue weighted by atomic mass is 10.3. The van der Waals surface area contributed by atoms with Crippen molar-refractivity contribution >= 4 is 39.7 Å². The van der Waals surface area contributed by atoms with Gasteiger partial charge in [-0.15, -0.1) is 11.8 Å². The number of nitrogens with zero attached hydrogens (tertiary/aromatic N) is 2. The third kappa shape index (κ3) is 3.60. The maximum atomic E-state index is 11.9. The Morgan fingerprint density at radius 3 is 3.05 bits per heavy atom. The molecule has 2 N–H and O–H groups in total. The van der Waals surface area contributed by atoms with Crippen molar-refractivity contribution in [2.45, 2.75) is 6.04 Å². The van der Waals surface area contributed by atoms with E-state index in [-0.39, 0.29) is 11.9 Å². The van der Waals surface area contributed by atoms with Crippen LogP contribution in [0.25, 0.3) is 0 Å². The predicted octanol–water partition coefficient (Wildman–Crippen LogP) is 1.63. The second kappa shape index (κ2) is 6.25. The molecule has 0 bridgehead atoms. The summed E-state index contributed by atoms with van der Waals surface area (Å²) in [6.45, 7) is 0.298. The summed E-state index contributed by atoms with van der Waals surface area (Å²) in [5.41, 5.74) is 0.307. The minimum atomic E-state index is -0.954. The van der Waals surface area contributed by atoms with Crippen LogP contribution in [0.4, 0.5) is 4.79 Å². The highest BCUT2D eigenvalue weighted by Crippen LogP contribution is 2.20. The SMILES string of the molecule is O=C(NC[C@@H]1CSCN1C(=O)O)c1cccc(Br)n1. The summed E-state index contributed by atoms with van der Waals surface area (Å²) in [5.74, 6) is 0.840. The van der Waals surface area contributed by atoms with Gasteiger partial charge in [-0.25, -0.2) is 9.78 Å². The monoisotopic (exact) mass is 345 g/mol. The van der Waals surface area contributed by atoms with Crippen LogP contribution in [0.3, 0.4) is 0 Å². The van der Waals surface area contributed by atoms with Crippen molar-refractivity contribution in [1.29, 1.82) is 0 Å². The first-order valence-corrected chi connectivity index (χ1v) is 7.51. The van der Waals surface area contributed by atoms with E-state index in [1.165, 1.54) is 16.7 Å². The summed E-state index contributed by atoms with van der Waals surface area (Å²) >= 11 is 4.74. The number of thioether (sulfide) groups is 1. The van der Waals surface area contributed by atoms with E-state index in [0.717, 1.165) is 0 Å². The molecule has 2 amide bonds. The van der Waals surface area contributed by atoms with Crippen LogP contribution in [0.2, 0.25) is 0 Å². The van der Waals surface area contributed by atoms with E-state index in [1.54, 1.807) is 18.2 Å². The number of nitrogens with one attached hydrogen (secondary N) is 1. The third-order valence-corrected chi connectivity index (χ3v) is 4.20. The number of hydrogen-bond donors (Lipinski definition) is 2. The van der Waals surface area contributed by atoms with Gasteiger partial charge in [-0.3, -0.25) is 9.69 Å². The molecule has 8 heteroatoms. The zero-order valence-electron chi connectivity index (χ0n) is 9.88. The fraction of sp³-hybridized carbons (Fsp3) is 0.364. The summed E-state index contributed by atoms with van der Waals surface area (Å²) < 4.78 is 0.587. The number of rotatable bonds is 3. The molecule has 1 aliphatic heterocycles. The molecule has 6 nitrogen and oxygen atoms in total. The first-order chi connectivity index (χ1) is 9.08. The second-order valence-corrected chi connectivity index (χ2v) is 5.77. The molecule has 0 aromatic carbocycles. The second-order valence-electron chi connectivity index (χ2n) is 3.96. The molecule has 1 aromatic heterocycles. The Hall–Kier alpha value is -1.28. The molecule has 0 saturated carbocycles. The number of carbonyl (C=O) groups is 2. The normalized spacial score (nSPS) is 18.4. The van der Waals surface area contributed by atoms with Crippen LogP contribution in [0.1, 0.15) is 10.5 Å². The van der Waals surface area contributed by atoms with Gasteiger partial charge in [-0.2, -0.15) is 0 Å². The fourth-order valence-electron chi connectivity index (χ4n) is 1.70. The summed E-state index contributed by atoms with van der Waals surface area (Å²) in [6.07, 6.45) is -0.954. The lowest BCUT2D eigenvalue weighted by Crippen LogP contribution is -2.43. The zero-order valence-corrected chi connectivity index (χ0v) is 12.3. The number of amides is 2. The molecule has 0 radical (unpaired) electrons. The maximum absolute atomic E-state index is 11.9. The minimum Gasteiger partial charge on any atom is -0.465 e. The number of halogens is 1. The van der Waals surface area contributed by atoms with Gasteiger partial charge in [-0.1, -0.05) is 6.07 Å². The van der Waals surface area contributed by atoms with Crippen molar-refractivity contribution in [2.24, 2.45) is 0 Å². The van der Waals surface area contributed by atoms with E-state index in [9.17, 15) is 9.59 Å². The Bertz CT molecular complexity index is 500. The summed E-state index contributed by atoms with van der Waals surface area (Å²) in [6, 6.07) is 4.88. The summed E-state index contributed by atoms with van der Waals surface area (Å²) in [4.78, 5) is 28.2. The number of carbonyl (C=O) groups excluding carboxylic acids is 1. The van der Waals surface area contributed by atoms with Gasteiger partial charge in [0.1, 0.15) is 10.3 Å². The third-order valence-electron chi connectivity index (χ3n) is 2.67. The van der Waals surface area contributed by atoms with Crippen molar-refractivity contribution in [3.63, 3.8) is 0 Å². The van der Waals surface area contributed by atoms with Crippen LogP contribution in [0.15, 0.2) is 22.8 Å². The molecular weight excluding hydrogens is 334 g/mol.